The molecule has 1 amide bonds. The number of aromatic nitrogens is 2. The second kappa shape index (κ2) is 20.6. The van der Waals surface area contributed by atoms with Gasteiger partial charge in [-0.05, 0) is 79.1 Å². The van der Waals surface area contributed by atoms with Crippen LogP contribution in [0.1, 0.15) is 93.7 Å². The van der Waals surface area contributed by atoms with Crippen LogP contribution in [-0.4, -0.2) is 141 Å². The number of anilines is 1. The molecule has 3 aliphatic rings. The predicted octanol–water partition coefficient (Wildman–Crippen LogP) is 4.70. The van der Waals surface area contributed by atoms with Gasteiger partial charge in [0.15, 0.2) is 18.7 Å². The number of ether oxygens (including phenoxy) is 5. The summed E-state index contributed by atoms with van der Waals surface area (Å²) in [5.41, 5.74) is 0.692. The lowest BCUT2D eigenvalue weighted by Crippen LogP contribution is -2.61. The first-order chi connectivity index (χ1) is 29.5. The zero-order valence-corrected chi connectivity index (χ0v) is 39.0. The van der Waals surface area contributed by atoms with Crippen LogP contribution in [0.3, 0.4) is 0 Å². The number of carbonyl (C=O) groups excluding carboxylic acids is 3. The van der Waals surface area contributed by atoms with Crippen LogP contribution < -0.4 is 5.73 Å². The lowest BCUT2D eigenvalue weighted by Gasteiger charge is -2.47. The molecule has 2 aromatic rings. The molecule has 19 heteroatoms. The van der Waals surface area contributed by atoms with Gasteiger partial charge in [-0.3, -0.25) is 9.59 Å². The first-order valence-corrected chi connectivity index (χ1v) is 22.5. The Morgan fingerprint density at radius 2 is 1.81 bits per heavy atom. The number of alkyl halides is 1. The maximum Gasteiger partial charge on any atom is 0.351 e. The average molecular weight is 905 g/mol. The molecule has 0 spiro atoms. The van der Waals surface area contributed by atoms with Crippen molar-refractivity contribution in [3.63, 3.8) is 0 Å². The molecule has 0 saturated carbocycles. The molecule has 17 nitrogen and oxygen atoms in total. The summed E-state index contributed by atoms with van der Waals surface area (Å²) < 4.78 is 48.9. The standard InChI is InChI=1S/C44H65FN6O11S/c1-12-31-44(9,56)38-25(5)34(49-33(52)13-2)23(3)18-42(7,58-20-27(19-57-38)50-59-21-28-22-63-39(47-28)29-15-14-16-32(46)48-29)37(26(6)36(54)43(8,45)41(55)61-31)62-40-35(53)30(51(10)11)17-24(4)60-40/h14-16,22-26,30-31,35,37-38,40,53,56H,12-13,17-21H2,1-11H3,(H2,46,48)/b49-34?,50-27+/t23-,24-,25+,26+,30+,31-,35-,37-,38-,40+,42?,43?,44?/m1/s1. The number of aliphatic imine (C=N–C) groups is 1. The lowest BCUT2D eigenvalue weighted by molar-refractivity contribution is -0.296. The monoisotopic (exact) mass is 904 g/mol. The minimum Gasteiger partial charge on any atom is -0.457 e. The molecule has 3 unspecified atom stereocenters. The molecule has 3 saturated heterocycles. The van der Waals surface area contributed by atoms with E-state index in [9.17, 15) is 24.6 Å². The molecule has 13 atom stereocenters. The number of cyclic esters (lactones) is 1. The maximum atomic E-state index is 17.0. The summed E-state index contributed by atoms with van der Waals surface area (Å²) >= 11 is 1.35. The molecule has 0 aromatic carbocycles. The molecule has 3 aliphatic heterocycles. The number of nitrogen functional groups attached to an aromatic ring is 1. The molecule has 5 rings (SSSR count). The number of oxime groups is 1. The molecule has 350 valence electrons. The van der Waals surface area contributed by atoms with Gasteiger partial charge in [0.1, 0.15) is 40.0 Å². The molecule has 3 fully saturated rings. The number of rotatable bonds is 9. The zero-order valence-electron chi connectivity index (χ0n) is 38.2. The van der Waals surface area contributed by atoms with Crippen molar-refractivity contribution in [1.82, 2.24) is 14.9 Å². The topological polar surface area (TPSA) is 227 Å². The highest BCUT2D eigenvalue weighted by Gasteiger charge is 2.56. The Balaban J connectivity index is 1.67. The van der Waals surface area contributed by atoms with Gasteiger partial charge < -0.3 is 49.4 Å². The van der Waals surface area contributed by atoms with Crippen LogP contribution in [0.15, 0.2) is 33.7 Å². The number of nitrogens with zero attached hydrogens (tertiary/aromatic N) is 5. The van der Waals surface area contributed by atoms with E-state index in [0.29, 0.717) is 34.3 Å². The van der Waals surface area contributed by atoms with Crippen LogP contribution in [0.2, 0.25) is 0 Å². The summed E-state index contributed by atoms with van der Waals surface area (Å²) in [5.74, 6) is -5.70. The Labute approximate surface area is 372 Å². The van der Waals surface area contributed by atoms with E-state index in [-0.39, 0.29) is 44.8 Å². The van der Waals surface area contributed by atoms with E-state index in [1.807, 2.05) is 32.8 Å². The highest BCUT2D eigenvalue weighted by Crippen LogP contribution is 2.41. The SMILES string of the molecule is CCC(=O)N=C1[C@H](C)CC2(C)OC/C(=N/OCc3csc(-c4cccc(N)n4)n3)CO[C@H]([C@H]1C)C(C)(O)[C@@H](CC)OC(=O)C(C)(F)C(=O)[C@H](C)[C@H]2O[C@@H]1O[C@H](C)C[C@H](N(C)C)[C@H]1O. The van der Waals surface area contributed by atoms with Gasteiger partial charge >= 0.3 is 5.97 Å². The summed E-state index contributed by atoms with van der Waals surface area (Å²) in [4.78, 5) is 62.8. The van der Waals surface area contributed by atoms with Crippen LogP contribution >= 0.6 is 11.3 Å². The van der Waals surface area contributed by atoms with Crippen LogP contribution in [0.25, 0.3) is 10.7 Å². The third-order valence-electron chi connectivity index (χ3n) is 12.4. The molecule has 0 aliphatic carbocycles. The summed E-state index contributed by atoms with van der Waals surface area (Å²) in [6.07, 6.45) is -6.48. The van der Waals surface area contributed by atoms with Crippen LogP contribution in [0, 0.1) is 17.8 Å². The molecule has 0 radical (unpaired) electrons. The number of aliphatic hydroxyl groups is 2. The number of thiazole rings is 1. The van der Waals surface area contributed by atoms with E-state index in [0.717, 1.165) is 6.92 Å². The first-order valence-electron chi connectivity index (χ1n) is 21.6. The van der Waals surface area contributed by atoms with Crippen molar-refractivity contribution in [1.29, 1.82) is 0 Å². The van der Waals surface area contributed by atoms with Crippen LogP contribution in [-0.2, 0) is 49.5 Å². The van der Waals surface area contributed by atoms with Gasteiger partial charge in [0, 0.05) is 35.4 Å². The number of esters is 1. The van der Waals surface area contributed by atoms with Gasteiger partial charge in [-0.2, -0.15) is 0 Å². The number of hydrogen-bond donors (Lipinski definition) is 3. The second-order valence-corrected chi connectivity index (χ2v) is 18.7. The van der Waals surface area contributed by atoms with Crippen molar-refractivity contribution in [2.45, 2.75) is 154 Å². The van der Waals surface area contributed by atoms with Gasteiger partial charge in [0.2, 0.25) is 5.91 Å². The van der Waals surface area contributed by atoms with Crippen molar-refractivity contribution in [3.05, 3.63) is 29.3 Å². The van der Waals surface area contributed by atoms with Crippen LogP contribution in [0.5, 0.6) is 0 Å². The van der Waals surface area contributed by atoms with E-state index in [4.69, 9.17) is 34.3 Å². The molecular formula is C44H65FN6O11S. The van der Waals surface area contributed by atoms with Crippen molar-refractivity contribution < 1.29 is 57.5 Å². The number of ketones is 1. The van der Waals surface area contributed by atoms with Gasteiger partial charge in [-0.15, -0.1) is 11.3 Å². The normalized spacial score (nSPS) is 37.6. The molecule has 4 N–H and O–H groups in total. The fourth-order valence-corrected chi connectivity index (χ4v) is 9.67. The van der Waals surface area contributed by atoms with E-state index in [1.54, 1.807) is 51.3 Å². The summed E-state index contributed by atoms with van der Waals surface area (Å²) in [6, 6.07) is 4.84. The van der Waals surface area contributed by atoms with E-state index < -0.39 is 95.1 Å². The number of amides is 1. The van der Waals surface area contributed by atoms with E-state index in [1.165, 1.54) is 25.2 Å². The smallest absolute Gasteiger partial charge is 0.351 e. The average Bonchev–Trinajstić information content (AvgIpc) is 3.70. The number of likely N-dealkylation sites (N-methyl/N-ethyl adjacent to an activating group) is 1. The summed E-state index contributed by atoms with van der Waals surface area (Å²) in [6.45, 7) is 13.3. The Kier molecular flexibility index (Phi) is 16.4. The van der Waals surface area contributed by atoms with E-state index in [2.05, 4.69) is 20.1 Å². The predicted molar refractivity (Wildman–Crippen MR) is 234 cm³/mol. The lowest BCUT2D eigenvalue weighted by atomic mass is 9.73. The minimum atomic E-state index is -3.23. The first kappa shape index (κ1) is 50.2. The Morgan fingerprint density at radius 3 is 2.46 bits per heavy atom. The minimum absolute atomic E-state index is 0.00176. The molecule has 2 bridgehead atoms. The van der Waals surface area contributed by atoms with Gasteiger partial charge in [-0.25, -0.2) is 24.1 Å². The largest absolute Gasteiger partial charge is 0.457 e. The zero-order chi connectivity index (χ0) is 46.6. The number of aliphatic hydroxyl groups excluding tert-OH is 1. The highest BCUT2D eigenvalue weighted by atomic mass is 32.1. The fraction of sp³-hybridized carbons (Fsp3) is 0.705. The molecule has 2 aromatic heterocycles. The number of carbonyl (C=O) groups is 3. The Bertz CT molecular complexity index is 2000. The number of hydrogen-bond acceptors (Lipinski definition) is 17. The second-order valence-electron chi connectivity index (χ2n) is 17.8. The maximum absolute atomic E-state index is 17.0. The van der Waals surface area contributed by atoms with Crippen molar-refractivity contribution in [3.8, 4) is 10.7 Å². The third kappa shape index (κ3) is 11.4. The number of nitrogens with two attached hydrogens (primary N) is 1. The molecular weight excluding hydrogens is 840 g/mol. The van der Waals surface area contributed by atoms with E-state index >= 15 is 4.39 Å². The number of halogens is 1. The van der Waals surface area contributed by atoms with Crippen molar-refractivity contribution >= 4 is 46.2 Å². The summed E-state index contributed by atoms with van der Waals surface area (Å²) in [5, 5.41) is 31.0. The third-order valence-corrected chi connectivity index (χ3v) is 13.3. The summed E-state index contributed by atoms with van der Waals surface area (Å²) in [7, 11) is 3.63. The Hall–Kier alpha value is -3.82. The van der Waals surface area contributed by atoms with Gasteiger partial charge in [-0.1, -0.05) is 45.8 Å². The van der Waals surface area contributed by atoms with Gasteiger partial charge in [0.05, 0.1) is 42.8 Å². The Morgan fingerprint density at radius 1 is 1.10 bits per heavy atom. The number of pyridine rings is 1. The number of fused-ring (bicyclic) bond motifs is 5. The molecule has 63 heavy (non-hydrogen) atoms. The molecule has 5 heterocycles. The quantitative estimate of drug-likeness (QED) is 0.176. The number of Topliss-reactive ketones (excluding diaryl/α,β-unsaturated/α-hetero) is 1. The highest BCUT2D eigenvalue weighted by molar-refractivity contribution is 7.13. The fourth-order valence-electron chi connectivity index (χ4n) is 8.90. The van der Waals surface area contributed by atoms with Crippen molar-refractivity contribution in [2.24, 2.45) is 27.9 Å². The van der Waals surface area contributed by atoms with Crippen molar-refractivity contribution in [2.75, 3.05) is 33.0 Å². The van der Waals surface area contributed by atoms with Crippen LogP contribution in [0.4, 0.5) is 10.2 Å². The van der Waals surface area contributed by atoms with Gasteiger partial charge in [0.25, 0.3) is 5.67 Å².